The maximum atomic E-state index is 12.8. The standard InChI is InChI=1S/C15H13F3N4O2/c1-14(24,15(16,17)18)8-2-4-9(5-3-8)20-12-11-10(21-22-12)6-7-19-13(11)23/h2-7,24H,1H3,(H,19,23)(H2,20,21,22). The maximum Gasteiger partial charge on any atom is 0.421 e. The Hall–Kier alpha value is -2.81. The molecular weight excluding hydrogens is 325 g/mol. The highest BCUT2D eigenvalue weighted by Gasteiger charge is 2.51. The molecule has 126 valence electrons. The number of anilines is 2. The summed E-state index contributed by atoms with van der Waals surface area (Å²) in [5.41, 5.74) is -2.63. The average Bonchev–Trinajstić information content (AvgIpc) is 2.91. The van der Waals surface area contributed by atoms with Gasteiger partial charge in [0.2, 0.25) is 0 Å². The predicted octanol–water partition coefficient (Wildman–Crippen LogP) is 2.76. The molecule has 1 unspecified atom stereocenters. The van der Waals surface area contributed by atoms with Gasteiger partial charge in [-0.1, -0.05) is 12.1 Å². The molecule has 3 rings (SSSR count). The first-order valence-electron chi connectivity index (χ1n) is 6.92. The second kappa shape index (κ2) is 5.38. The van der Waals surface area contributed by atoms with Gasteiger partial charge in [0.15, 0.2) is 11.4 Å². The van der Waals surface area contributed by atoms with Crippen LogP contribution in [0.15, 0.2) is 41.3 Å². The Labute approximate surface area is 133 Å². The van der Waals surface area contributed by atoms with E-state index >= 15 is 0 Å². The van der Waals surface area contributed by atoms with Crippen LogP contribution in [0.1, 0.15) is 12.5 Å². The first-order valence-corrected chi connectivity index (χ1v) is 6.92. The Balaban J connectivity index is 1.91. The molecule has 9 heteroatoms. The number of nitrogens with one attached hydrogen (secondary N) is 3. The van der Waals surface area contributed by atoms with Crippen LogP contribution in [0.25, 0.3) is 10.9 Å². The fourth-order valence-corrected chi connectivity index (χ4v) is 2.25. The lowest BCUT2D eigenvalue weighted by atomic mass is 9.95. The van der Waals surface area contributed by atoms with Crippen molar-refractivity contribution in [3.63, 3.8) is 0 Å². The lowest BCUT2D eigenvalue weighted by Gasteiger charge is -2.26. The van der Waals surface area contributed by atoms with Crippen molar-refractivity contribution < 1.29 is 18.3 Å². The smallest absolute Gasteiger partial charge is 0.376 e. The van der Waals surface area contributed by atoms with Crippen LogP contribution >= 0.6 is 0 Å². The first-order chi connectivity index (χ1) is 11.2. The topological polar surface area (TPSA) is 93.8 Å². The number of fused-ring (bicyclic) bond motifs is 1. The van der Waals surface area contributed by atoms with Gasteiger partial charge in [-0.05, 0) is 30.7 Å². The van der Waals surface area contributed by atoms with Crippen molar-refractivity contribution in [2.24, 2.45) is 0 Å². The summed E-state index contributed by atoms with van der Waals surface area (Å²) >= 11 is 0. The monoisotopic (exact) mass is 338 g/mol. The molecule has 0 aliphatic carbocycles. The third kappa shape index (κ3) is 2.62. The minimum atomic E-state index is -4.78. The van der Waals surface area contributed by atoms with Gasteiger partial charge in [-0.2, -0.15) is 18.3 Å². The van der Waals surface area contributed by atoms with Gasteiger partial charge >= 0.3 is 6.18 Å². The lowest BCUT2D eigenvalue weighted by molar-refractivity contribution is -0.258. The van der Waals surface area contributed by atoms with Crippen molar-refractivity contribution in [2.75, 3.05) is 5.32 Å². The Bertz CT molecular complexity index is 926. The molecule has 0 aliphatic heterocycles. The number of nitrogens with zero attached hydrogens (tertiary/aromatic N) is 1. The van der Waals surface area contributed by atoms with Gasteiger partial charge in [-0.3, -0.25) is 9.89 Å². The van der Waals surface area contributed by atoms with E-state index in [0.29, 0.717) is 23.5 Å². The number of aliphatic hydroxyl groups is 1. The lowest BCUT2D eigenvalue weighted by Crippen LogP contribution is -2.39. The van der Waals surface area contributed by atoms with Gasteiger partial charge in [-0.25, -0.2) is 0 Å². The fraction of sp³-hybridized carbons (Fsp3) is 0.200. The predicted molar refractivity (Wildman–Crippen MR) is 82.1 cm³/mol. The highest BCUT2D eigenvalue weighted by Crippen LogP contribution is 2.38. The molecule has 4 N–H and O–H groups in total. The molecular formula is C15H13F3N4O2. The number of hydrogen-bond acceptors (Lipinski definition) is 4. The van der Waals surface area contributed by atoms with Gasteiger partial charge in [0.05, 0.1) is 5.52 Å². The van der Waals surface area contributed by atoms with Gasteiger partial charge in [0.25, 0.3) is 5.56 Å². The molecule has 0 amide bonds. The zero-order valence-electron chi connectivity index (χ0n) is 12.4. The van der Waals surface area contributed by atoms with Crippen molar-refractivity contribution in [3.05, 3.63) is 52.4 Å². The van der Waals surface area contributed by atoms with E-state index in [2.05, 4.69) is 20.5 Å². The third-order valence-corrected chi connectivity index (χ3v) is 3.75. The van der Waals surface area contributed by atoms with Crippen molar-refractivity contribution >= 4 is 22.4 Å². The summed E-state index contributed by atoms with van der Waals surface area (Å²) in [6, 6.07) is 6.70. The average molecular weight is 338 g/mol. The number of halogens is 3. The van der Waals surface area contributed by atoms with Crippen LogP contribution < -0.4 is 10.9 Å². The number of hydrogen-bond donors (Lipinski definition) is 4. The minimum Gasteiger partial charge on any atom is -0.376 e. The zero-order chi connectivity index (χ0) is 17.5. The third-order valence-electron chi connectivity index (χ3n) is 3.75. The summed E-state index contributed by atoms with van der Waals surface area (Å²) in [6.07, 6.45) is -3.31. The van der Waals surface area contributed by atoms with Crippen molar-refractivity contribution in [1.29, 1.82) is 0 Å². The zero-order valence-corrected chi connectivity index (χ0v) is 12.4. The van der Waals surface area contributed by atoms with Gasteiger partial charge in [0.1, 0.15) is 5.39 Å². The van der Waals surface area contributed by atoms with Crippen LogP contribution in [0.5, 0.6) is 0 Å². The molecule has 6 nitrogen and oxygen atoms in total. The summed E-state index contributed by atoms with van der Waals surface area (Å²) in [7, 11) is 0. The molecule has 0 fully saturated rings. The van der Waals surface area contributed by atoms with Gasteiger partial charge in [-0.15, -0.1) is 0 Å². The first kappa shape index (κ1) is 16.1. The molecule has 2 aromatic heterocycles. The molecule has 2 heterocycles. The number of pyridine rings is 1. The number of aromatic nitrogens is 3. The Morgan fingerprint density at radius 1 is 1.17 bits per heavy atom. The molecule has 0 spiro atoms. The Morgan fingerprint density at radius 3 is 2.46 bits per heavy atom. The number of rotatable bonds is 3. The summed E-state index contributed by atoms with van der Waals surface area (Å²) < 4.78 is 38.5. The number of alkyl halides is 3. The Morgan fingerprint density at radius 2 is 1.83 bits per heavy atom. The fourth-order valence-electron chi connectivity index (χ4n) is 2.25. The van der Waals surface area contributed by atoms with E-state index in [0.717, 1.165) is 12.1 Å². The van der Waals surface area contributed by atoms with Crippen LogP contribution in [-0.4, -0.2) is 26.5 Å². The molecule has 0 saturated carbocycles. The van der Waals surface area contributed by atoms with Crippen LogP contribution in [-0.2, 0) is 5.60 Å². The molecule has 1 aromatic carbocycles. The van der Waals surface area contributed by atoms with Gasteiger partial charge < -0.3 is 15.4 Å². The van der Waals surface area contributed by atoms with E-state index in [-0.39, 0.29) is 16.9 Å². The second-order valence-electron chi connectivity index (χ2n) is 5.44. The van der Waals surface area contributed by atoms with E-state index in [1.165, 1.54) is 18.3 Å². The summed E-state index contributed by atoms with van der Waals surface area (Å²) in [5, 5.41) is 19.5. The molecule has 0 bridgehead atoms. The van der Waals surface area contributed by atoms with E-state index in [4.69, 9.17) is 0 Å². The van der Waals surface area contributed by atoms with E-state index in [9.17, 15) is 23.1 Å². The van der Waals surface area contributed by atoms with E-state index < -0.39 is 11.8 Å². The molecule has 0 radical (unpaired) electrons. The second-order valence-corrected chi connectivity index (χ2v) is 5.44. The quantitative estimate of drug-likeness (QED) is 0.591. The van der Waals surface area contributed by atoms with E-state index in [1.807, 2.05) is 0 Å². The summed E-state index contributed by atoms with van der Waals surface area (Å²) in [5.74, 6) is 0.252. The molecule has 0 aliphatic rings. The van der Waals surface area contributed by atoms with Crippen molar-refractivity contribution in [3.8, 4) is 0 Å². The number of aromatic amines is 2. The van der Waals surface area contributed by atoms with Gasteiger partial charge in [0, 0.05) is 11.9 Å². The molecule has 0 saturated heterocycles. The summed E-state index contributed by atoms with van der Waals surface area (Å²) in [6.45, 7) is 0.691. The van der Waals surface area contributed by atoms with Crippen LogP contribution in [0.3, 0.4) is 0 Å². The van der Waals surface area contributed by atoms with Crippen molar-refractivity contribution in [2.45, 2.75) is 18.7 Å². The van der Waals surface area contributed by atoms with Crippen molar-refractivity contribution in [1.82, 2.24) is 15.2 Å². The van der Waals surface area contributed by atoms with Crippen LogP contribution in [0.4, 0.5) is 24.7 Å². The Kier molecular flexibility index (Phi) is 3.60. The van der Waals surface area contributed by atoms with Crippen LogP contribution in [0, 0.1) is 0 Å². The van der Waals surface area contributed by atoms with Crippen LogP contribution in [0.2, 0.25) is 0 Å². The summed E-state index contributed by atoms with van der Waals surface area (Å²) in [4.78, 5) is 14.4. The molecule has 3 aromatic rings. The normalized spacial score (nSPS) is 14.5. The number of benzene rings is 1. The maximum absolute atomic E-state index is 12.8. The van der Waals surface area contributed by atoms with E-state index in [1.54, 1.807) is 6.07 Å². The molecule has 24 heavy (non-hydrogen) atoms. The largest absolute Gasteiger partial charge is 0.421 e. The highest BCUT2D eigenvalue weighted by molar-refractivity contribution is 5.90. The SMILES string of the molecule is CC(O)(c1ccc(Nc2n[nH]c3cc[nH]c(=O)c23)cc1)C(F)(F)F. The minimum absolute atomic E-state index is 0.252. The number of H-pyrrole nitrogens is 2. The highest BCUT2D eigenvalue weighted by atomic mass is 19.4. The molecule has 1 atom stereocenters.